The van der Waals surface area contributed by atoms with Crippen LogP contribution in [0.15, 0.2) is 61.4 Å². The fourth-order valence-electron chi connectivity index (χ4n) is 2.49. The van der Waals surface area contributed by atoms with Crippen LogP contribution in [0.4, 0.5) is 11.5 Å². The van der Waals surface area contributed by atoms with Gasteiger partial charge < -0.3 is 5.73 Å². The SMILES string of the molecule is Nc1c(NNC(=O)c2cccnc2)ncnc1-n1cnc2ccccc21. The van der Waals surface area contributed by atoms with E-state index in [1.54, 1.807) is 29.2 Å². The molecule has 1 amide bonds. The highest BCUT2D eigenvalue weighted by atomic mass is 16.2. The van der Waals surface area contributed by atoms with Gasteiger partial charge in [0.15, 0.2) is 11.6 Å². The predicted octanol–water partition coefficient (Wildman–Crippen LogP) is 1.55. The molecule has 0 spiro atoms. The van der Waals surface area contributed by atoms with Crippen molar-refractivity contribution in [2.45, 2.75) is 0 Å². The lowest BCUT2D eigenvalue weighted by molar-refractivity contribution is 0.0962. The van der Waals surface area contributed by atoms with Crippen molar-refractivity contribution in [3.05, 3.63) is 67.0 Å². The molecule has 0 bridgehead atoms. The van der Waals surface area contributed by atoms with Crippen LogP contribution in [0.2, 0.25) is 0 Å². The summed E-state index contributed by atoms with van der Waals surface area (Å²) in [7, 11) is 0. The fraction of sp³-hybridized carbons (Fsp3) is 0. The summed E-state index contributed by atoms with van der Waals surface area (Å²) in [5, 5.41) is 0. The molecule has 0 aliphatic heterocycles. The standard InChI is InChI=1S/C17H14N8O/c18-14-15(23-24-17(26)11-4-3-7-19-8-11)20-9-21-16(14)25-10-22-12-5-1-2-6-13(12)25/h1-10H,18H2,(H,24,26)(H,20,21,23). The second-order valence-corrected chi connectivity index (χ2v) is 5.38. The van der Waals surface area contributed by atoms with E-state index in [1.807, 2.05) is 24.3 Å². The predicted molar refractivity (Wildman–Crippen MR) is 96.4 cm³/mol. The number of hydrogen-bond acceptors (Lipinski definition) is 7. The van der Waals surface area contributed by atoms with Gasteiger partial charge in [-0.1, -0.05) is 12.1 Å². The Bertz CT molecular complexity index is 1080. The highest BCUT2D eigenvalue weighted by Gasteiger charge is 2.13. The van der Waals surface area contributed by atoms with Gasteiger partial charge in [-0.05, 0) is 24.3 Å². The molecule has 128 valence electrons. The monoisotopic (exact) mass is 346 g/mol. The maximum Gasteiger partial charge on any atom is 0.271 e. The Morgan fingerprint density at radius 2 is 1.96 bits per heavy atom. The number of nitrogens with one attached hydrogen (secondary N) is 2. The van der Waals surface area contributed by atoms with Gasteiger partial charge in [-0.2, -0.15) is 0 Å². The van der Waals surface area contributed by atoms with Gasteiger partial charge in [0.05, 0.1) is 16.6 Å². The molecule has 3 heterocycles. The number of carbonyl (C=O) groups is 1. The Morgan fingerprint density at radius 3 is 2.81 bits per heavy atom. The molecule has 9 heteroatoms. The number of nitrogens with zero attached hydrogens (tertiary/aromatic N) is 5. The highest BCUT2D eigenvalue weighted by Crippen LogP contribution is 2.24. The number of benzene rings is 1. The molecular weight excluding hydrogens is 332 g/mol. The number of nitrogen functional groups attached to an aromatic ring is 1. The molecule has 4 N–H and O–H groups in total. The molecule has 4 aromatic rings. The lowest BCUT2D eigenvalue weighted by atomic mass is 10.3. The molecule has 0 atom stereocenters. The maximum absolute atomic E-state index is 12.1. The van der Waals surface area contributed by atoms with Gasteiger partial charge in [0.2, 0.25) is 0 Å². The van der Waals surface area contributed by atoms with Crippen molar-refractivity contribution in [2.24, 2.45) is 0 Å². The first-order valence-corrected chi connectivity index (χ1v) is 7.73. The van der Waals surface area contributed by atoms with E-state index in [9.17, 15) is 4.79 Å². The van der Waals surface area contributed by atoms with Crippen LogP contribution in [0.5, 0.6) is 0 Å². The highest BCUT2D eigenvalue weighted by molar-refractivity contribution is 5.94. The zero-order valence-corrected chi connectivity index (χ0v) is 13.5. The molecule has 9 nitrogen and oxygen atoms in total. The first kappa shape index (κ1) is 15.5. The van der Waals surface area contributed by atoms with Gasteiger partial charge in [0, 0.05) is 12.4 Å². The van der Waals surface area contributed by atoms with E-state index in [1.165, 1.54) is 12.5 Å². The molecule has 26 heavy (non-hydrogen) atoms. The van der Waals surface area contributed by atoms with Gasteiger partial charge in [0.25, 0.3) is 5.91 Å². The number of carbonyl (C=O) groups excluding carboxylic acids is 1. The zero-order valence-electron chi connectivity index (χ0n) is 13.5. The number of imidazole rings is 1. The van der Waals surface area contributed by atoms with Crippen LogP contribution >= 0.6 is 0 Å². The first-order valence-electron chi connectivity index (χ1n) is 7.73. The van der Waals surface area contributed by atoms with Crippen molar-refractivity contribution >= 4 is 28.4 Å². The largest absolute Gasteiger partial charge is 0.393 e. The average molecular weight is 346 g/mol. The summed E-state index contributed by atoms with van der Waals surface area (Å²) in [4.78, 5) is 28.7. The molecule has 3 aromatic heterocycles. The number of fused-ring (bicyclic) bond motifs is 1. The molecule has 0 saturated carbocycles. The van der Waals surface area contributed by atoms with Gasteiger partial charge in [-0.3, -0.25) is 25.2 Å². The quantitative estimate of drug-likeness (QED) is 0.479. The zero-order chi connectivity index (χ0) is 17.9. The minimum Gasteiger partial charge on any atom is -0.393 e. The van der Waals surface area contributed by atoms with Crippen LogP contribution in [-0.2, 0) is 0 Å². The summed E-state index contributed by atoms with van der Waals surface area (Å²) in [5.74, 6) is 0.391. The average Bonchev–Trinajstić information content (AvgIpc) is 3.11. The van der Waals surface area contributed by atoms with Crippen LogP contribution < -0.4 is 16.6 Å². The van der Waals surface area contributed by atoms with Crippen molar-refractivity contribution < 1.29 is 4.79 Å². The Balaban J connectivity index is 1.61. The molecule has 0 saturated heterocycles. The number of hydrogen-bond donors (Lipinski definition) is 3. The van der Waals surface area contributed by atoms with Crippen LogP contribution in [0.3, 0.4) is 0 Å². The maximum atomic E-state index is 12.1. The Morgan fingerprint density at radius 1 is 1.08 bits per heavy atom. The van der Waals surface area contributed by atoms with E-state index in [2.05, 4.69) is 30.8 Å². The van der Waals surface area contributed by atoms with Crippen LogP contribution in [0, 0.1) is 0 Å². The van der Waals surface area contributed by atoms with E-state index < -0.39 is 0 Å². The summed E-state index contributed by atoms with van der Waals surface area (Å²) >= 11 is 0. The van der Waals surface area contributed by atoms with Crippen molar-refractivity contribution in [3.8, 4) is 5.82 Å². The van der Waals surface area contributed by atoms with Gasteiger partial charge in [-0.25, -0.2) is 15.0 Å². The second-order valence-electron chi connectivity index (χ2n) is 5.38. The van der Waals surface area contributed by atoms with Gasteiger partial charge in [0.1, 0.15) is 18.3 Å². The molecule has 4 rings (SSSR count). The number of hydrazine groups is 1. The van der Waals surface area contributed by atoms with Gasteiger partial charge >= 0.3 is 0 Å². The summed E-state index contributed by atoms with van der Waals surface area (Å²) in [6.07, 6.45) is 6.05. The summed E-state index contributed by atoms with van der Waals surface area (Å²) in [5.41, 5.74) is 13.8. The summed E-state index contributed by atoms with van der Waals surface area (Å²) < 4.78 is 1.76. The normalized spacial score (nSPS) is 10.6. The van der Waals surface area contributed by atoms with Crippen LogP contribution in [-0.4, -0.2) is 30.4 Å². The van der Waals surface area contributed by atoms with Gasteiger partial charge in [-0.15, -0.1) is 0 Å². The van der Waals surface area contributed by atoms with Crippen molar-refractivity contribution in [2.75, 3.05) is 11.2 Å². The second kappa shape index (κ2) is 6.48. The number of nitrogens with two attached hydrogens (primary N) is 1. The fourth-order valence-corrected chi connectivity index (χ4v) is 2.49. The molecule has 0 radical (unpaired) electrons. The lowest BCUT2D eigenvalue weighted by Gasteiger charge is -2.12. The minimum absolute atomic E-state index is 0.280. The number of aromatic nitrogens is 5. The lowest BCUT2D eigenvalue weighted by Crippen LogP contribution is -2.30. The van der Waals surface area contributed by atoms with Crippen molar-refractivity contribution in [1.82, 2.24) is 29.9 Å². The third kappa shape index (κ3) is 2.77. The third-order valence-electron chi connectivity index (χ3n) is 3.76. The Hall–Kier alpha value is -4.01. The molecule has 0 fully saturated rings. The Labute approximate surface area is 147 Å². The number of para-hydroxylation sites is 2. The van der Waals surface area contributed by atoms with Crippen molar-refractivity contribution in [3.63, 3.8) is 0 Å². The molecule has 0 aliphatic rings. The Kier molecular flexibility index (Phi) is 3.86. The van der Waals surface area contributed by atoms with Crippen molar-refractivity contribution in [1.29, 1.82) is 0 Å². The third-order valence-corrected chi connectivity index (χ3v) is 3.76. The van der Waals surface area contributed by atoms with Crippen LogP contribution in [0.25, 0.3) is 16.9 Å². The first-order chi connectivity index (χ1) is 12.7. The number of amides is 1. The van der Waals surface area contributed by atoms with E-state index in [4.69, 9.17) is 5.73 Å². The smallest absolute Gasteiger partial charge is 0.271 e. The van der Waals surface area contributed by atoms with E-state index in [0.717, 1.165) is 11.0 Å². The minimum atomic E-state index is -0.356. The summed E-state index contributed by atoms with van der Waals surface area (Å²) in [6, 6.07) is 11.0. The number of pyridine rings is 1. The molecular formula is C17H14N8O. The molecule has 0 aliphatic carbocycles. The van der Waals surface area contributed by atoms with E-state index >= 15 is 0 Å². The molecule has 0 unspecified atom stereocenters. The summed E-state index contributed by atoms with van der Waals surface area (Å²) in [6.45, 7) is 0. The number of rotatable bonds is 4. The van der Waals surface area contributed by atoms with E-state index in [0.29, 0.717) is 11.4 Å². The van der Waals surface area contributed by atoms with Crippen LogP contribution in [0.1, 0.15) is 10.4 Å². The number of anilines is 2. The van der Waals surface area contributed by atoms with E-state index in [-0.39, 0.29) is 17.4 Å². The molecule has 1 aromatic carbocycles. The topological polar surface area (TPSA) is 124 Å².